The first-order valence-electron chi connectivity index (χ1n) is 8.23. The Hall–Kier alpha value is -0.810. The minimum atomic E-state index is -0.461. The van der Waals surface area contributed by atoms with Crippen LogP contribution in [0.5, 0.6) is 0 Å². The molecule has 122 valence electrons. The third-order valence-corrected chi connectivity index (χ3v) is 4.48. The summed E-state index contributed by atoms with van der Waals surface area (Å²) in [7, 11) is 0. The van der Waals surface area contributed by atoms with Crippen molar-refractivity contribution in [3.05, 3.63) is 0 Å². The average Bonchev–Trinajstić information content (AvgIpc) is 2.80. The summed E-state index contributed by atoms with van der Waals surface area (Å²) in [4.78, 5) is 12.0. The molecule has 0 aromatic rings. The number of alkyl carbamates (subject to hydrolysis) is 1. The van der Waals surface area contributed by atoms with Gasteiger partial charge < -0.3 is 20.1 Å². The Morgan fingerprint density at radius 1 is 1.29 bits per heavy atom. The number of fused-ring (bicyclic) bond motifs is 1. The van der Waals surface area contributed by atoms with E-state index in [0.29, 0.717) is 12.0 Å². The molecule has 1 amide bonds. The van der Waals surface area contributed by atoms with Gasteiger partial charge in [0.1, 0.15) is 5.60 Å². The summed E-state index contributed by atoms with van der Waals surface area (Å²) in [5.74, 6) is 0.421. The van der Waals surface area contributed by atoms with Gasteiger partial charge in [0.05, 0.1) is 18.2 Å². The molecule has 0 spiro atoms. The highest BCUT2D eigenvalue weighted by Crippen LogP contribution is 2.39. The smallest absolute Gasteiger partial charge is 0.407 e. The maximum absolute atomic E-state index is 12.0. The average molecular weight is 298 g/mol. The number of carbonyl (C=O) groups is 1. The Balaban J connectivity index is 1.94. The van der Waals surface area contributed by atoms with Crippen molar-refractivity contribution in [3.8, 4) is 0 Å². The molecule has 2 fully saturated rings. The first-order valence-corrected chi connectivity index (χ1v) is 8.23. The third-order valence-electron chi connectivity index (χ3n) is 4.48. The Bertz CT molecular complexity index is 363. The Kier molecular flexibility index (Phi) is 5.15. The van der Waals surface area contributed by atoms with E-state index >= 15 is 0 Å². The largest absolute Gasteiger partial charge is 0.444 e. The molecule has 0 bridgehead atoms. The lowest BCUT2D eigenvalue weighted by molar-refractivity contribution is -0.0379. The van der Waals surface area contributed by atoms with Crippen molar-refractivity contribution in [2.45, 2.75) is 83.7 Å². The Labute approximate surface area is 128 Å². The highest BCUT2D eigenvalue weighted by Gasteiger charge is 2.55. The van der Waals surface area contributed by atoms with Gasteiger partial charge in [-0.25, -0.2) is 4.79 Å². The van der Waals surface area contributed by atoms with Crippen LogP contribution in [-0.4, -0.2) is 42.5 Å². The van der Waals surface area contributed by atoms with E-state index in [1.54, 1.807) is 0 Å². The minimum Gasteiger partial charge on any atom is -0.444 e. The normalized spacial score (nSPS) is 31.7. The van der Waals surface area contributed by atoms with Gasteiger partial charge in [-0.1, -0.05) is 13.8 Å². The summed E-state index contributed by atoms with van der Waals surface area (Å²) in [6.07, 6.45) is 3.11. The van der Waals surface area contributed by atoms with Gasteiger partial charge in [-0.15, -0.1) is 0 Å². The SMILES string of the molecule is CCC(CC)NC1C(NC(=O)OC(C)(C)C)C2CCOC21. The zero-order valence-corrected chi connectivity index (χ0v) is 13.9. The predicted octanol–water partition coefficient (Wildman–Crippen LogP) is 2.45. The first kappa shape index (κ1) is 16.6. The van der Waals surface area contributed by atoms with Gasteiger partial charge in [-0.2, -0.15) is 0 Å². The van der Waals surface area contributed by atoms with Gasteiger partial charge in [-0.3, -0.25) is 0 Å². The van der Waals surface area contributed by atoms with Crippen molar-refractivity contribution < 1.29 is 14.3 Å². The minimum absolute atomic E-state index is 0.118. The molecule has 5 nitrogen and oxygen atoms in total. The van der Waals surface area contributed by atoms with Crippen molar-refractivity contribution >= 4 is 6.09 Å². The zero-order chi connectivity index (χ0) is 15.6. The molecule has 5 heteroatoms. The summed E-state index contributed by atoms with van der Waals surface area (Å²) in [6, 6.07) is 0.797. The molecule has 1 heterocycles. The number of hydrogen-bond donors (Lipinski definition) is 2. The number of carbonyl (C=O) groups excluding carboxylic acids is 1. The zero-order valence-electron chi connectivity index (χ0n) is 13.9. The monoisotopic (exact) mass is 298 g/mol. The number of hydrogen-bond acceptors (Lipinski definition) is 4. The molecule has 2 rings (SSSR count). The van der Waals surface area contributed by atoms with Crippen LogP contribution < -0.4 is 10.6 Å². The Morgan fingerprint density at radius 2 is 1.95 bits per heavy atom. The van der Waals surface area contributed by atoms with Gasteiger partial charge in [0.2, 0.25) is 0 Å². The number of ether oxygens (including phenoxy) is 2. The molecule has 0 aromatic carbocycles. The molecule has 21 heavy (non-hydrogen) atoms. The fourth-order valence-corrected chi connectivity index (χ4v) is 3.34. The second kappa shape index (κ2) is 6.53. The molecule has 2 aliphatic rings. The molecule has 2 N–H and O–H groups in total. The van der Waals surface area contributed by atoms with Gasteiger partial charge >= 0.3 is 6.09 Å². The molecule has 0 aromatic heterocycles. The molecule has 4 unspecified atom stereocenters. The highest BCUT2D eigenvalue weighted by atomic mass is 16.6. The summed E-state index contributed by atoms with van der Waals surface area (Å²) in [6.45, 7) is 10.8. The Morgan fingerprint density at radius 3 is 2.52 bits per heavy atom. The van der Waals surface area contributed by atoms with E-state index in [1.807, 2.05) is 20.8 Å². The van der Waals surface area contributed by atoms with Crippen LogP contribution in [0, 0.1) is 5.92 Å². The van der Waals surface area contributed by atoms with Gasteiger partial charge in [0.25, 0.3) is 0 Å². The van der Waals surface area contributed by atoms with Crippen molar-refractivity contribution in [2.75, 3.05) is 6.61 Å². The van der Waals surface area contributed by atoms with Crippen LogP contribution in [0.3, 0.4) is 0 Å². The summed E-state index contributed by atoms with van der Waals surface area (Å²) >= 11 is 0. The summed E-state index contributed by atoms with van der Waals surface area (Å²) in [5.41, 5.74) is -0.461. The van der Waals surface area contributed by atoms with Crippen molar-refractivity contribution in [1.29, 1.82) is 0 Å². The van der Waals surface area contributed by atoms with Gasteiger partial charge in [0.15, 0.2) is 0 Å². The van der Waals surface area contributed by atoms with Crippen LogP contribution in [0.25, 0.3) is 0 Å². The van der Waals surface area contributed by atoms with Crippen molar-refractivity contribution in [3.63, 3.8) is 0 Å². The quantitative estimate of drug-likeness (QED) is 0.818. The number of rotatable bonds is 5. The van der Waals surface area contributed by atoms with E-state index in [4.69, 9.17) is 9.47 Å². The predicted molar refractivity (Wildman–Crippen MR) is 82.3 cm³/mol. The van der Waals surface area contributed by atoms with E-state index in [2.05, 4.69) is 24.5 Å². The molecular formula is C16H30N2O3. The van der Waals surface area contributed by atoms with Crippen molar-refractivity contribution in [1.82, 2.24) is 10.6 Å². The third kappa shape index (κ3) is 3.89. The van der Waals surface area contributed by atoms with E-state index in [9.17, 15) is 4.79 Å². The van der Waals surface area contributed by atoms with E-state index in [1.165, 1.54) is 0 Å². The van der Waals surface area contributed by atoms with Gasteiger partial charge in [0, 0.05) is 18.6 Å². The van der Waals surface area contributed by atoms with Crippen molar-refractivity contribution in [2.24, 2.45) is 5.92 Å². The lowest BCUT2D eigenvalue weighted by Gasteiger charge is -2.49. The molecule has 4 atom stereocenters. The van der Waals surface area contributed by atoms with Crippen LogP contribution in [0.15, 0.2) is 0 Å². The fraction of sp³-hybridized carbons (Fsp3) is 0.938. The highest BCUT2D eigenvalue weighted by molar-refractivity contribution is 5.68. The first-order chi connectivity index (χ1) is 9.85. The second-order valence-corrected chi connectivity index (χ2v) is 7.17. The lowest BCUT2D eigenvalue weighted by Crippen LogP contribution is -2.71. The molecule has 1 aliphatic carbocycles. The molecule has 0 radical (unpaired) electrons. The topological polar surface area (TPSA) is 59.6 Å². The van der Waals surface area contributed by atoms with Crippen LogP contribution in [0.1, 0.15) is 53.9 Å². The van der Waals surface area contributed by atoms with Crippen LogP contribution in [-0.2, 0) is 9.47 Å². The summed E-state index contributed by atoms with van der Waals surface area (Å²) < 4.78 is 11.2. The maximum Gasteiger partial charge on any atom is 0.407 e. The molecule has 1 saturated carbocycles. The van der Waals surface area contributed by atoms with Crippen LogP contribution in [0.2, 0.25) is 0 Å². The summed E-state index contributed by atoms with van der Waals surface area (Å²) in [5, 5.41) is 6.69. The maximum atomic E-state index is 12.0. The van der Waals surface area contributed by atoms with Crippen LogP contribution >= 0.6 is 0 Å². The van der Waals surface area contributed by atoms with E-state index < -0.39 is 5.60 Å². The van der Waals surface area contributed by atoms with Crippen LogP contribution in [0.4, 0.5) is 4.79 Å². The molecule has 1 saturated heterocycles. The fourth-order valence-electron chi connectivity index (χ4n) is 3.34. The standard InChI is InChI=1S/C16H30N2O3/c1-6-10(7-2)17-13-12(11-8-9-20-14(11)13)18-15(19)21-16(3,4)5/h10-14,17H,6-9H2,1-5H3,(H,18,19). The lowest BCUT2D eigenvalue weighted by atomic mass is 9.71. The molecule has 1 aliphatic heterocycles. The number of nitrogens with one attached hydrogen (secondary N) is 2. The second-order valence-electron chi connectivity index (χ2n) is 7.17. The van der Waals surface area contributed by atoms with Gasteiger partial charge in [-0.05, 0) is 40.0 Å². The van der Waals surface area contributed by atoms with E-state index in [0.717, 1.165) is 25.9 Å². The molecular weight excluding hydrogens is 268 g/mol. The number of amides is 1. The van der Waals surface area contributed by atoms with E-state index in [-0.39, 0.29) is 24.3 Å².